The van der Waals surface area contributed by atoms with Gasteiger partial charge in [0.25, 0.3) is 5.56 Å². The molecular formula is C17H18N2O8S. The number of aliphatic hydroxyl groups is 1. The molecule has 2 fully saturated rings. The molecule has 0 aliphatic carbocycles. The number of rotatable bonds is 4. The van der Waals surface area contributed by atoms with Crippen molar-refractivity contribution in [2.75, 3.05) is 12.4 Å². The van der Waals surface area contributed by atoms with E-state index in [1.54, 1.807) is 18.2 Å². The molecule has 1 aromatic carbocycles. The predicted molar refractivity (Wildman–Crippen MR) is 94.3 cm³/mol. The maximum Gasteiger partial charge on any atom is 0.330 e. The number of nitrogens with one attached hydrogen (secondary N) is 1. The van der Waals surface area contributed by atoms with Crippen molar-refractivity contribution in [1.29, 1.82) is 0 Å². The van der Waals surface area contributed by atoms with Crippen LogP contribution in [-0.4, -0.2) is 60.0 Å². The van der Waals surface area contributed by atoms with Crippen molar-refractivity contribution in [1.82, 2.24) is 9.55 Å². The van der Waals surface area contributed by atoms with Gasteiger partial charge in [-0.2, -0.15) is 0 Å². The van der Waals surface area contributed by atoms with Crippen LogP contribution < -0.4 is 11.2 Å². The normalized spacial score (nSPS) is 30.1. The second kappa shape index (κ2) is 7.26. The third-order valence-electron chi connectivity index (χ3n) is 4.65. The van der Waals surface area contributed by atoms with Crippen LogP contribution in [0.15, 0.2) is 57.1 Å². The van der Waals surface area contributed by atoms with Crippen LogP contribution in [0.5, 0.6) is 0 Å². The summed E-state index contributed by atoms with van der Waals surface area (Å²) in [5, 5.41) is 10.6. The summed E-state index contributed by atoms with van der Waals surface area (Å²) >= 11 is 0. The van der Waals surface area contributed by atoms with Crippen LogP contribution in [0, 0.1) is 0 Å². The topological polar surface area (TPSA) is 137 Å². The molecule has 2 N–H and O–H groups in total. The average Bonchev–Trinajstić information content (AvgIpc) is 2.98. The molecule has 2 saturated heterocycles. The third kappa shape index (κ3) is 3.54. The molecule has 2 aliphatic heterocycles. The second-order valence-electron chi connectivity index (χ2n) is 6.53. The van der Waals surface area contributed by atoms with Gasteiger partial charge in [0.2, 0.25) is 0 Å². The Hall–Kier alpha value is -2.31. The maximum atomic E-state index is 12.5. The molecule has 2 aromatic rings. The summed E-state index contributed by atoms with van der Waals surface area (Å²) in [6.07, 6.45) is -3.78. The van der Waals surface area contributed by atoms with Gasteiger partial charge in [0.1, 0.15) is 24.1 Å². The van der Waals surface area contributed by atoms with E-state index in [0.717, 1.165) is 10.6 Å². The van der Waals surface area contributed by atoms with E-state index >= 15 is 0 Å². The number of benzene rings is 1. The van der Waals surface area contributed by atoms with Gasteiger partial charge in [-0.3, -0.25) is 14.3 Å². The van der Waals surface area contributed by atoms with Crippen molar-refractivity contribution in [2.24, 2.45) is 0 Å². The van der Waals surface area contributed by atoms with Crippen molar-refractivity contribution in [3.8, 4) is 0 Å². The lowest BCUT2D eigenvalue weighted by Gasteiger charge is -2.32. The van der Waals surface area contributed by atoms with Crippen molar-refractivity contribution in [2.45, 2.75) is 35.7 Å². The number of aromatic amines is 1. The Morgan fingerprint density at radius 3 is 2.61 bits per heavy atom. The van der Waals surface area contributed by atoms with Gasteiger partial charge in [-0.05, 0) is 12.1 Å². The molecule has 0 spiro atoms. The lowest BCUT2D eigenvalue weighted by atomic mass is 10.1. The summed E-state index contributed by atoms with van der Waals surface area (Å²) < 4.78 is 42.8. The monoisotopic (exact) mass is 410 g/mol. The minimum atomic E-state index is -3.65. The van der Waals surface area contributed by atoms with Gasteiger partial charge < -0.3 is 19.3 Å². The number of hydrogen-bond acceptors (Lipinski definition) is 8. The Balaban J connectivity index is 1.50. The number of fused-ring (bicyclic) bond motifs is 1. The summed E-state index contributed by atoms with van der Waals surface area (Å²) in [5.41, 5.74) is -1.31. The van der Waals surface area contributed by atoms with E-state index in [1.807, 2.05) is 0 Å². The Bertz CT molecular complexity index is 1060. The SMILES string of the molecule is O=c1ccn([C@@H]2O[C@@H]3CO[C@@H](CS(=O)(=O)c4ccccc4)O[C@@H]3[C@H]2O)c(=O)[nH]1. The fourth-order valence-electron chi connectivity index (χ4n) is 3.29. The summed E-state index contributed by atoms with van der Waals surface area (Å²) in [6, 6.07) is 9.04. The fourth-order valence-corrected chi connectivity index (χ4v) is 4.58. The van der Waals surface area contributed by atoms with E-state index in [0.29, 0.717) is 0 Å². The predicted octanol–water partition coefficient (Wildman–Crippen LogP) is -0.990. The zero-order chi connectivity index (χ0) is 19.9. The number of sulfone groups is 1. The molecule has 4 rings (SSSR count). The Morgan fingerprint density at radius 2 is 1.89 bits per heavy atom. The quantitative estimate of drug-likeness (QED) is 0.656. The van der Waals surface area contributed by atoms with E-state index in [4.69, 9.17) is 14.2 Å². The van der Waals surface area contributed by atoms with Crippen LogP contribution in [0.4, 0.5) is 0 Å². The highest BCUT2D eigenvalue weighted by atomic mass is 32.2. The largest absolute Gasteiger partial charge is 0.386 e. The van der Waals surface area contributed by atoms with Crippen molar-refractivity contribution in [3.05, 3.63) is 63.4 Å². The van der Waals surface area contributed by atoms with Crippen LogP contribution in [0.1, 0.15) is 6.23 Å². The molecule has 3 heterocycles. The maximum absolute atomic E-state index is 12.5. The molecule has 0 radical (unpaired) electrons. The van der Waals surface area contributed by atoms with E-state index in [9.17, 15) is 23.1 Å². The van der Waals surface area contributed by atoms with E-state index < -0.39 is 57.7 Å². The first-order chi connectivity index (χ1) is 13.3. The third-order valence-corrected chi connectivity index (χ3v) is 6.35. The van der Waals surface area contributed by atoms with Gasteiger partial charge in [-0.1, -0.05) is 18.2 Å². The zero-order valence-electron chi connectivity index (χ0n) is 14.5. The lowest BCUT2D eigenvalue weighted by Crippen LogP contribution is -2.47. The number of aliphatic hydroxyl groups excluding tert-OH is 1. The molecular weight excluding hydrogens is 392 g/mol. The van der Waals surface area contributed by atoms with Crippen LogP contribution >= 0.6 is 0 Å². The fraction of sp³-hybridized carbons (Fsp3) is 0.412. The van der Waals surface area contributed by atoms with Gasteiger partial charge in [0.05, 0.1) is 11.5 Å². The van der Waals surface area contributed by atoms with Crippen molar-refractivity contribution >= 4 is 9.84 Å². The van der Waals surface area contributed by atoms with Crippen LogP contribution in [0.25, 0.3) is 0 Å². The highest BCUT2D eigenvalue weighted by molar-refractivity contribution is 7.91. The van der Waals surface area contributed by atoms with Gasteiger partial charge in [0.15, 0.2) is 22.4 Å². The van der Waals surface area contributed by atoms with Gasteiger partial charge in [0, 0.05) is 12.3 Å². The number of aromatic nitrogens is 2. The van der Waals surface area contributed by atoms with E-state index in [2.05, 4.69) is 4.98 Å². The minimum Gasteiger partial charge on any atom is -0.386 e. The molecule has 0 amide bonds. The number of nitrogens with zero attached hydrogens (tertiary/aromatic N) is 1. The zero-order valence-corrected chi connectivity index (χ0v) is 15.3. The van der Waals surface area contributed by atoms with Gasteiger partial charge in [-0.25, -0.2) is 13.2 Å². The molecule has 0 bridgehead atoms. The summed E-state index contributed by atoms with van der Waals surface area (Å²) in [4.78, 5) is 25.4. The summed E-state index contributed by atoms with van der Waals surface area (Å²) in [6.45, 7) is -0.00862. The second-order valence-corrected chi connectivity index (χ2v) is 8.57. The number of H-pyrrole nitrogens is 1. The number of hydrogen-bond donors (Lipinski definition) is 2. The minimum absolute atomic E-state index is 0.00862. The molecule has 1 aromatic heterocycles. The smallest absolute Gasteiger partial charge is 0.330 e. The van der Waals surface area contributed by atoms with Crippen molar-refractivity contribution < 1.29 is 27.7 Å². The molecule has 10 nitrogen and oxygen atoms in total. The summed E-state index contributed by atoms with van der Waals surface area (Å²) in [5.74, 6) is -0.420. The standard InChI is InChI=1S/C17H18N2O8S/c20-12-6-7-19(17(22)18-12)16-14(21)15-11(26-16)8-25-13(27-15)9-28(23,24)10-4-2-1-3-5-10/h1-7,11,13-16,21H,8-9H2,(H,18,20,22)/t11-,13-,14-,15+,16-/m1/s1. The average molecular weight is 410 g/mol. The first-order valence-electron chi connectivity index (χ1n) is 8.55. The van der Waals surface area contributed by atoms with Crippen LogP contribution in [0.2, 0.25) is 0 Å². The van der Waals surface area contributed by atoms with E-state index in [-0.39, 0.29) is 11.5 Å². The molecule has 28 heavy (non-hydrogen) atoms. The Kier molecular flexibility index (Phi) is 4.93. The summed E-state index contributed by atoms with van der Waals surface area (Å²) in [7, 11) is -3.65. The van der Waals surface area contributed by atoms with Crippen LogP contribution in [-0.2, 0) is 24.0 Å². The molecule has 150 valence electrons. The van der Waals surface area contributed by atoms with Gasteiger partial charge in [-0.15, -0.1) is 0 Å². The van der Waals surface area contributed by atoms with E-state index in [1.165, 1.54) is 18.3 Å². The molecule has 5 atom stereocenters. The Labute approximate surface area is 159 Å². The highest BCUT2D eigenvalue weighted by Gasteiger charge is 2.50. The molecule has 0 unspecified atom stereocenters. The van der Waals surface area contributed by atoms with Gasteiger partial charge >= 0.3 is 5.69 Å². The molecule has 2 aliphatic rings. The lowest BCUT2D eigenvalue weighted by molar-refractivity contribution is -0.238. The Morgan fingerprint density at radius 1 is 1.14 bits per heavy atom. The van der Waals surface area contributed by atoms with Crippen LogP contribution in [0.3, 0.4) is 0 Å². The number of ether oxygens (including phenoxy) is 3. The highest BCUT2D eigenvalue weighted by Crippen LogP contribution is 2.34. The first-order valence-corrected chi connectivity index (χ1v) is 10.2. The molecule has 0 saturated carbocycles. The van der Waals surface area contributed by atoms with Crippen molar-refractivity contribution in [3.63, 3.8) is 0 Å². The molecule has 11 heteroatoms. The first kappa shape index (κ1) is 19.0.